The van der Waals surface area contributed by atoms with Crippen LogP contribution >= 0.6 is 27.3 Å². The molecule has 0 aliphatic carbocycles. The minimum atomic E-state index is 1.12. The van der Waals surface area contributed by atoms with Crippen molar-refractivity contribution < 1.29 is 0 Å². The molecule has 0 amide bonds. The highest BCUT2D eigenvalue weighted by molar-refractivity contribution is 9.10. The number of hydrogen-bond donors (Lipinski definition) is 0. The van der Waals surface area contributed by atoms with Crippen LogP contribution < -0.4 is 4.90 Å². The molecule has 0 radical (unpaired) electrons. The van der Waals surface area contributed by atoms with Crippen LogP contribution in [-0.2, 0) is 0 Å². The number of benzene rings is 3. The van der Waals surface area contributed by atoms with Gasteiger partial charge in [-0.1, -0.05) is 58.4 Å². The fourth-order valence-corrected chi connectivity index (χ4v) is 4.33. The normalized spacial score (nSPS) is 10.7. The smallest absolute Gasteiger partial charge is 0.0479 e. The third kappa shape index (κ3) is 3.33. The summed E-state index contributed by atoms with van der Waals surface area (Å²) in [6, 6.07) is 29.8. The lowest BCUT2D eigenvalue weighted by molar-refractivity contribution is 1.27. The lowest BCUT2D eigenvalue weighted by Gasteiger charge is -2.26. The summed E-state index contributed by atoms with van der Waals surface area (Å²) in [7, 11) is 0. The van der Waals surface area contributed by atoms with E-state index in [-0.39, 0.29) is 0 Å². The number of hydrogen-bond acceptors (Lipinski definition) is 2. The predicted octanol–water partition coefficient (Wildman–Crippen LogP) is 7.96. The van der Waals surface area contributed by atoms with Gasteiger partial charge >= 0.3 is 0 Å². The van der Waals surface area contributed by atoms with Gasteiger partial charge in [-0.2, -0.15) is 0 Å². The van der Waals surface area contributed by atoms with Crippen molar-refractivity contribution in [3.05, 3.63) is 100 Å². The Kier molecular flexibility index (Phi) is 4.91. The molecule has 3 heteroatoms. The lowest BCUT2D eigenvalue weighted by atomic mass is 10.0. The number of rotatable bonds is 4. The Hall–Kier alpha value is -2.36. The third-order valence-electron chi connectivity index (χ3n) is 4.40. The van der Waals surface area contributed by atoms with Crippen LogP contribution in [0.4, 0.5) is 17.1 Å². The van der Waals surface area contributed by atoms with Crippen molar-refractivity contribution in [3.8, 4) is 10.4 Å². The maximum atomic E-state index is 3.77. The van der Waals surface area contributed by atoms with Crippen molar-refractivity contribution in [3.63, 3.8) is 0 Å². The topological polar surface area (TPSA) is 3.24 Å². The summed E-state index contributed by atoms with van der Waals surface area (Å²) >= 11 is 5.55. The largest absolute Gasteiger partial charge is 0.310 e. The van der Waals surface area contributed by atoms with Gasteiger partial charge in [-0.15, -0.1) is 11.3 Å². The minimum absolute atomic E-state index is 1.12. The summed E-state index contributed by atoms with van der Waals surface area (Å²) in [5.41, 5.74) is 5.96. The first kappa shape index (κ1) is 17.1. The van der Waals surface area contributed by atoms with E-state index >= 15 is 0 Å². The Morgan fingerprint density at radius 3 is 1.88 bits per heavy atom. The predicted molar refractivity (Wildman–Crippen MR) is 117 cm³/mol. The number of halogens is 1. The number of nitrogens with zero attached hydrogens (tertiary/aromatic N) is 1. The first-order valence-electron chi connectivity index (χ1n) is 8.48. The first-order valence-corrected chi connectivity index (χ1v) is 10.2. The van der Waals surface area contributed by atoms with E-state index in [1.165, 1.54) is 16.0 Å². The molecule has 4 aromatic rings. The highest BCUT2D eigenvalue weighted by Gasteiger charge is 2.16. The van der Waals surface area contributed by atoms with Gasteiger partial charge in [-0.3, -0.25) is 0 Å². The van der Waals surface area contributed by atoms with Gasteiger partial charge in [0.2, 0.25) is 0 Å². The van der Waals surface area contributed by atoms with Crippen molar-refractivity contribution in [1.82, 2.24) is 0 Å². The average Bonchev–Trinajstić information content (AvgIpc) is 3.21. The van der Waals surface area contributed by atoms with E-state index in [2.05, 4.69) is 118 Å². The highest BCUT2D eigenvalue weighted by Crippen LogP contribution is 2.41. The maximum absolute atomic E-state index is 3.77. The van der Waals surface area contributed by atoms with E-state index in [0.717, 1.165) is 21.5 Å². The molecule has 0 bridgehead atoms. The minimum Gasteiger partial charge on any atom is -0.310 e. The third-order valence-corrected chi connectivity index (χ3v) is 6.13. The molecule has 128 valence electrons. The summed E-state index contributed by atoms with van der Waals surface area (Å²) < 4.78 is 1.12. The van der Waals surface area contributed by atoms with Crippen LogP contribution in [0.5, 0.6) is 0 Å². The second kappa shape index (κ2) is 7.48. The van der Waals surface area contributed by atoms with Crippen LogP contribution in [0.3, 0.4) is 0 Å². The fraction of sp³-hybridized carbons (Fsp3) is 0.0435. The molecule has 1 aromatic heterocycles. The summed E-state index contributed by atoms with van der Waals surface area (Å²) in [6.07, 6.45) is 0. The van der Waals surface area contributed by atoms with Crippen LogP contribution in [0.15, 0.2) is 94.8 Å². The van der Waals surface area contributed by atoms with Gasteiger partial charge in [0.25, 0.3) is 0 Å². The van der Waals surface area contributed by atoms with Crippen molar-refractivity contribution in [2.75, 3.05) is 4.90 Å². The van der Waals surface area contributed by atoms with Crippen LogP contribution in [0.25, 0.3) is 10.4 Å². The molecule has 0 atom stereocenters. The SMILES string of the molecule is Cc1c(Br)cc(N(c2ccccc2)c2ccccc2)cc1-c1cccs1. The second-order valence-electron chi connectivity index (χ2n) is 6.08. The Balaban J connectivity index is 1.92. The Morgan fingerprint density at radius 1 is 0.731 bits per heavy atom. The molecule has 0 fully saturated rings. The number of anilines is 3. The van der Waals surface area contributed by atoms with Gasteiger partial charge in [0.05, 0.1) is 0 Å². The molecule has 3 aromatic carbocycles. The zero-order chi connectivity index (χ0) is 17.9. The Morgan fingerprint density at radius 2 is 1.35 bits per heavy atom. The van der Waals surface area contributed by atoms with E-state index in [1.54, 1.807) is 11.3 Å². The monoisotopic (exact) mass is 419 g/mol. The molecule has 0 saturated heterocycles. The molecular weight excluding hydrogens is 402 g/mol. The molecule has 0 aliphatic heterocycles. The van der Waals surface area contributed by atoms with Gasteiger partial charge in [-0.25, -0.2) is 0 Å². The van der Waals surface area contributed by atoms with Crippen LogP contribution in [0.2, 0.25) is 0 Å². The molecule has 26 heavy (non-hydrogen) atoms. The van der Waals surface area contributed by atoms with E-state index in [0.29, 0.717) is 0 Å². The van der Waals surface area contributed by atoms with Crippen molar-refractivity contribution in [1.29, 1.82) is 0 Å². The van der Waals surface area contributed by atoms with Gasteiger partial charge in [0.1, 0.15) is 0 Å². The molecular formula is C23H18BrNS. The van der Waals surface area contributed by atoms with Crippen molar-refractivity contribution in [2.24, 2.45) is 0 Å². The average molecular weight is 420 g/mol. The van der Waals surface area contributed by atoms with E-state index < -0.39 is 0 Å². The molecule has 1 nitrogen and oxygen atoms in total. The zero-order valence-electron chi connectivity index (χ0n) is 14.4. The summed E-state index contributed by atoms with van der Waals surface area (Å²) in [6.45, 7) is 2.16. The maximum Gasteiger partial charge on any atom is 0.0479 e. The van der Waals surface area contributed by atoms with Crippen molar-refractivity contribution >= 4 is 44.3 Å². The quantitative estimate of drug-likeness (QED) is 0.324. The molecule has 0 aliphatic rings. The summed E-state index contributed by atoms with van der Waals surface area (Å²) in [5, 5.41) is 2.13. The van der Waals surface area contributed by atoms with Crippen molar-refractivity contribution in [2.45, 2.75) is 6.92 Å². The lowest BCUT2D eigenvalue weighted by Crippen LogP contribution is -2.10. The summed E-state index contributed by atoms with van der Waals surface area (Å²) in [4.78, 5) is 3.58. The molecule has 0 N–H and O–H groups in total. The Labute approximate surface area is 166 Å². The molecule has 0 spiro atoms. The van der Waals surface area contributed by atoms with E-state index in [9.17, 15) is 0 Å². The molecule has 1 heterocycles. The van der Waals surface area contributed by atoms with Gasteiger partial charge in [0.15, 0.2) is 0 Å². The summed E-state index contributed by atoms with van der Waals surface area (Å²) in [5.74, 6) is 0. The zero-order valence-corrected chi connectivity index (χ0v) is 16.8. The molecule has 4 rings (SSSR count). The molecule has 0 unspecified atom stereocenters. The van der Waals surface area contributed by atoms with Crippen LogP contribution in [-0.4, -0.2) is 0 Å². The van der Waals surface area contributed by atoms with Gasteiger partial charge in [-0.05, 0) is 65.9 Å². The second-order valence-corrected chi connectivity index (χ2v) is 7.89. The van der Waals surface area contributed by atoms with Crippen LogP contribution in [0.1, 0.15) is 5.56 Å². The van der Waals surface area contributed by atoms with Gasteiger partial charge in [0, 0.05) is 26.4 Å². The number of para-hydroxylation sites is 2. The van der Waals surface area contributed by atoms with Crippen LogP contribution in [0, 0.1) is 6.92 Å². The standard InChI is InChI=1S/C23H18BrNS/c1-17-21(23-13-8-14-26-23)15-20(16-22(17)24)25(18-9-4-2-5-10-18)19-11-6-3-7-12-19/h2-16H,1H3. The fourth-order valence-electron chi connectivity index (χ4n) is 3.08. The highest BCUT2D eigenvalue weighted by atomic mass is 79.9. The van der Waals surface area contributed by atoms with E-state index in [4.69, 9.17) is 0 Å². The van der Waals surface area contributed by atoms with Gasteiger partial charge < -0.3 is 4.90 Å². The molecule has 0 saturated carbocycles. The number of thiophene rings is 1. The first-order chi connectivity index (χ1) is 12.7. The van der Waals surface area contributed by atoms with E-state index in [1.807, 2.05) is 0 Å². The Bertz CT molecular complexity index is 956.